The zero-order valence-electron chi connectivity index (χ0n) is 12.1. The van der Waals surface area contributed by atoms with E-state index in [1.807, 2.05) is 18.2 Å². The fourth-order valence-corrected chi connectivity index (χ4v) is 3.01. The van der Waals surface area contributed by atoms with Gasteiger partial charge < -0.3 is 5.32 Å². The van der Waals surface area contributed by atoms with Crippen molar-refractivity contribution >= 4 is 22.7 Å². The third-order valence-corrected chi connectivity index (χ3v) is 4.24. The average molecular weight is 289 g/mol. The van der Waals surface area contributed by atoms with Crippen LogP contribution >= 0.6 is 11.8 Å². The monoisotopic (exact) mass is 289 g/mol. The van der Waals surface area contributed by atoms with Gasteiger partial charge in [0.1, 0.15) is 11.4 Å². The quantitative estimate of drug-likeness (QED) is 0.432. The van der Waals surface area contributed by atoms with Crippen LogP contribution in [0, 0.1) is 0 Å². The van der Waals surface area contributed by atoms with Gasteiger partial charge in [0, 0.05) is 17.7 Å². The molecule has 0 fully saturated rings. The lowest BCUT2D eigenvalue weighted by Crippen LogP contribution is -2.18. The van der Waals surface area contributed by atoms with E-state index in [0.29, 0.717) is 0 Å². The number of benzene rings is 1. The van der Waals surface area contributed by atoms with Gasteiger partial charge in [0.25, 0.3) is 0 Å². The predicted molar refractivity (Wildman–Crippen MR) is 87.3 cm³/mol. The maximum Gasteiger partial charge on any atom is 0.117 e. The minimum absolute atomic E-state index is 1.03. The minimum atomic E-state index is 1.03. The molecule has 0 amide bonds. The van der Waals surface area contributed by atoms with Gasteiger partial charge in [0.15, 0.2) is 0 Å². The normalized spacial score (nSPS) is 11.1. The number of nitrogens with one attached hydrogen (secondary N) is 1. The van der Waals surface area contributed by atoms with Crippen LogP contribution in [0.2, 0.25) is 0 Å². The SMILES string of the molecule is CCCCCCNCCSc1ncnc2ccccc12. The molecule has 1 N–H and O–H groups in total. The van der Waals surface area contributed by atoms with Crippen LogP contribution < -0.4 is 5.32 Å². The van der Waals surface area contributed by atoms with Gasteiger partial charge in [-0.3, -0.25) is 0 Å². The molecule has 2 rings (SSSR count). The fraction of sp³-hybridized carbons (Fsp3) is 0.500. The number of hydrogen-bond acceptors (Lipinski definition) is 4. The van der Waals surface area contributed by atoms with Crippen molar-refractivity contribution in [3.63, 3.8) is 0 Å². The average Bonchev–Trinajstić information content (AvgIpc) is 2.50. The van der Waals surface area contributed by atoms with Crippen LogP contribution in [0.15, 0.2) is 35.6 Å². The first-order chi connectivity index (χ1) is 9.92. The molecule has 0 aliphatic carbocycles. The van der Waals surface area contributed by atoms with Crippen molar-refractivity contribution in [2.45, 2.75) is 37.6 Å². The Labute approximate surface area is 125 Å². The lowest BCUT2D eigenvalue weighted by Gasteiger charge is -2.06. The summed E-state index contributed by atoms with van der Waals surface area (Å²) in [5, 5.41) is 5.74. The van der Waals surface area contributed by atoms with Crippen molar-refractivity contribution < 1.29 is 0 Å². The summed E-state index contributed by atoms with van der Waals surface area (Å²) < 4.78 is 0. The first-order valence-corrected chi connectivity index (χ1v) is 8.43. The number of unbranched alkanes of at least 4 members (excludes halogenated alkanes) is 3. The molecule has 108 valence electrons. The fourth-order valence-electron chi connectivity index (χ4n) is 2.12. The van der Waals surface area contributed by atoms with Crippen molar-refractivity contribution in [2.24, 2.45) is 0 Å². The largest absolute Gasteiger partial charge is 0.316 e. The van der Waals surface area contributed by atoms with Gasteiger partial charge >= 0.3 is 0 Å². The van der Waals surface area contributed by atoms with Gasteiger partial charge in [0.05, 0.1) is 5.52 Å². The van der Waals surface area contributed by atoms with E-state index in [0.717, 1.165) is 34.8 Å². The molecule has 0 saturated heterocycles. The minimum Gasteiger partial charge on any atom is -0.316 e. The third kappa shape index (κ3) is 4.76. The summed E-state index contributed by atoms with van der Waals surface area (Å²) in [5.74, 6) is 1.05. The van der Waals surface area contributed by atoms with Gasteiger partial charge in [-0.05, 0) is 19.0 Å². The zero-order valence-corrected chi connectivity index (χ0v) is 13.0. The van der Waals surface area contributed by atoms with Gasteiger partial charge in [-0.15, -0.1) is 11.8 Å². The molecular weight excluding hydrogens is 266 g/mol. The van der Waals surface area contributed by atoms with E-state index in [-0.39, 0.29) is 0 Å². The Kier molecular flexibility index (Phi) is 6.81. The molecule has 0 bridgehead atoms. The molecule has 0 aliphatic heterocycles. The molecule has 20 heavy (non-hydrogen) atoms. The van der Waals surface area contributed by atoms with E-state index in [2.05, 4.69) is 28.3 Å². The Morgan fingerprint density at radius 1 is 1.05 bits per heavy atom. The van der Waals surface area contributed by atoms with Crippen molar-refractivity contribution in [2.75, 3.05) is 18.8 Å². The number of nitrogens with zero attached hydrogens (tertiary/aromatic N) is 2. The van der Waals surface area contributed by atoms with Crippen molar-refractivity contribution in [3.8, 4) is 0 Å². The van der Waals surface area contributed by atoms with Crippen molar-refractivity contribution in [1.29, 1.82) is 0 Å². The molecule has 0 atom stereocenters. The molecule has 0 saturated carbocycles. The highest BCUT2D eigenvalue weighted by atomic mass is 32.2. The molecule has 0 unspecified atom stereocenters. The lowest BCUT2D eigenvalue weighted by atomic mass is 10.2. The van der Waals surface area contributed by atoms with Gasteiger partial charge in [-0.25, -0.2) is 9.97 Å². The standard InChI is InChI=1S/C16H23N3S/c1-2-3-4-7-10-17-11-12-20-16-14-8-5-6-9-15(14)18-13-19-16/h5-6,8-9,13,17H,2-4,7,10-12H2,1H3. The number of hydrogen-bond donors (Lipinski definition) is 1. The van der Waals surface area contributed by atoms with E-state index in [4.69, 9.17) is 0 Å². The van der Waals surface area contributed by atoms with Crippen LogP contribution in [0.4, 0.5) is 0 Å². The summed E-state index contributed by atoms with van der Waals surface area (Å²) >= 11 is 1.80. The Hall–Kier alpha value is -1.13. The van der Waals surface area contributed by atoms with E-state index in [1.165, 1.54) is 25.7 Å². The summed E-state index contributed by atoms with van der Waals surface area (Å²) in [7, 11) is 0. The molecular formula is C16H23N3S. The summed E-state index contributed by atoms with van der Waals surface area (Å²) in [4.78, 5) is 8.68. The molecule has 0 radical (unpaired) electrons. The van der Waals surface area contributed by atoms with Crippen LogP contribution in [0.1, 0.15) is 32.6 Å². The van der Waals surface area contributed by atoms with E-state index >= 15 is 0 Å². The first-order valence-electron chi connectivity index (χ1n) is 7.45. The lowest BCUT2D eigenvalue weighted by molar-refractivity contribution is 0.613. The Balaban J connectivity index is 1.71. The Bertz CT molecular complexity index is 511. The molecule has 3 nitrogen and oxygen atoms in total. The molecule has 4 heteroatoms. The summed E-state index contributed by atoms with van der Waals surface area (Å²) in [6, 6.07) is 8.19. The smallest absolute Gasteiger partial charge is 0.117 e. The summed E-state index contributed by atoms with van der Waals surface area (Å²) in [6.07, 6.45) is 6.94. The number of rotatable bonds is 9. The number of thioether (sulfide) groups is 1. The highest BCUT2D eigenvalue weighted by Gasteiger charge is 2.02. The predicted octanol–water partition coefficient (Wildman–Crippen LogP) is 3.89. The van der Waals surface area contributed by atoms with Crippen LogP contribution in [0.5, 0.6) is 0 Å². The second-order valence-corrected chi connectivity index (χ2v) is 5.94. The van der Waals surface area contributed by atoms with E-state index in [1.54, 1.807) is 18.1 Å². The van der Waals surface area contributed by atoms with Gasteiger partial charge in [0.2, 0.25) is 0 Å². The van der Waals surface area contributed by atoms with Crippen LogP contribution in [-0.2, 0) is 0 Å². The topological polar surface area (TPSA) is 37.8 Å². The first kappa shape index (κ1) is 15.3. The molecule has 0 aliphatic rings. The Morgan fingerprint density at radius 3 is 2.85 bits per heavy atom. The summed E-state index contributed by atoms with van der Waals surface area (Å²) in [6.45, 7) is 4.41. The number of aromatic nitrogens is 2. The maximum atomic E-state index is 4.39. The second-order valence-electron chi connectivity index (χ2n) is 4.86. The van der Waals surface area contributed by atoms with Gasteiger partial charge in [-0.1, -0.05) is 44.4 Å². The second kappa shape index (κ2) is 8.93. The molecule has 1 aromatic carbocycles. The van der Waals surface area contributed by atoms with Crippen LogP contribution in [0.25, 0.3) is 10.9 Å². The summed E-state index contributed by atoms with van der Waals surface area (Å²) in [5.41, 5.74) is 1.03. The van der Waals surface area contributed by atoms with E-state index < -0.39 is 0 Å². The van der Waals surface area contributed by atoms with Crippen molar-refractivity contribution in [3.05, 3.63) is 30.6 Å². The highest BCUT2D eigenvalue weighted by molar-refractivity contribution is 7.99. The van der Waals surface area contributed by atoms with E-state index in [9.17, 15) is 0 Å². The highest BCUT2D eigenvalue weighted by Crippen LogP contribution is 2.23. The van der Waals surface area contributed by atoms with Crippen molar-refractivity contribution in [1.82, 2.24) is 15.3 Å². The number of fused-ring (bicyclic) bond motifs is 1. The maximum absolute atomic E-state index is 4.39. The zero-order chi connectivity index (χ0) is 14.0. The number of para-hydroxylation sites is 1. The molecule has 1 aromatic heterocycles. The Morgan fingerprint density at radius 2 is 1.95 bits per heavy atom. The van der Waals surface area contributed by atoms with Crippen LogP contribution in [-0.4, -0.2) is 28.8 Å². The molecule has 0 spiro atoms. The van der Waals surface area contributed by atoms with Crippen LogP contribution in [0.3, 0.4) is 0 Å². The molecule has 1 heterocycles. The van der Waals surface area contributed by atoms with Gasteiger partial charge in [-0.2, -0.15) is 0 Å². The third-order valence-electron chi connectivity index (χ3n) is 3.23. The molecule has 2 aromatic rings.